The van der Waals surface area contributed by atoms with Crippen molar-refractivity contribution >= 4 is 21.7 Å². The quantitative estimate of drug-likeness (QED) is 0.453. The Labute approximate surface area is 147 Å². The molecule has 1 atom stereocenters. The van der Waals surface area contributed by atoms with Crippen LogP contribution in [-0.2, 0) is 0 Å². The monoisotopic (exact) mass is 359 g/mol. The van der Waals surface area contributed by atoms with E-state index >= 15 is 0 Å². The number of hydrogen-bond acceptors (Lipinski definition) is 2. The molecule has 5 heteroatoms. The molecule has 1 unspecified atom stereocenters. The lowest BCUT2D eigenvalue weighted by atomic mass is 9.95. The highest BCUT2D eigenvalue weighted by Gasteiger charge is 2.18. The Morgan fingerprint density at radius 3 is 2.35 bits per heavy atom. The highest BCUT2D eigenvalue weighted by Crippen LogP contribution is 2.38. The van der Waals surface area contributed by atoms with Crippen molar-refractivity contribution in [3.63, 3.8) is 0 Å². The van der Waals surface area contributed by atoms with Crippen molar-refractivity contribution in [2.75, 3.05) is 13.7 Å². The minimum Gasteiger partial charge on any atom is -0.388 e. The van der Waals surface area contributed by atoms with Gasteiger partial charge in [-0.25, -0.2) is 8.78 Å². The maximum atomic E-state index is 13.2. The zero-order valence-electron chi connectivity index (χ0n) is 13.9. The van der Waals surface area contributed by atoms with Gasteiger partial charge in [-0.2, -0.15) is 0 Å². The van der Waals surface area contributed by atoms with Gasteiger partial charge in [-0.3, -0.25) is 0 Å². The highest BCUT2D eigenvalue weighted by molar-refractivity contribution is 8.24. The van der Waals surface area contributed by atoms with Gasteiger partial charge in [0.2, 0.25) is 0 Å². The molecule has 0 aromatic rings. The van der Waals surface area contributed by atoms with Gasteiger partial charge in [-0.1, -0.05) is 38.8 Å². The first-order valence-electron chi connectivity index (χ1n) is 7.10. The molecule has 0 rings (SSSR count). The van der Waals surface area contributed by atoms with E-state index in [1.807, 2.05) is 13.8 Å². The number of hydrogen-bond donors (Lipinski definition) is 1. The van der Waals surface area contributed by atoms with Gasteiger partial charge in [-0.05, 0) is 58.1 Å². The Morgan fingerprint density at radius 1 is 1.35 bits per heavy atom. The Morgan fingerprint density at radius 2 is 1.96 bits per heavy atom. The van der Waals surface area contributed by atoms with Crippen molar-refractivity contribution in [2.45, 2.75) is 20.3 Å². The summed E-state index contributed by atoms with van der Waals surface area (Å²) in [5.41, 5.74) is 2.95. The van der Waals surface area contributed by atoms with Crippen LogP contribution in [0.3, 0.4) is 0 Å². The summed E-state index contributed by atoms with van der Waals surface area (Å²) in [5.74, 6) is -0.599. The van der Waals surface area contributed by atoms with Crippen molar-refractivity contribution < 1.29 is 8.78 Å². The highest BCUT2D eigenvalue weighted by atomic mass is 35.7. The van der Waals surface area contributed by atoms with Crippen LogP contribution in [0.4, 0.5) is 8.78 Å². The lowest BCUT2D eigenvalue weighted by molar-refractivity contribution is 0.516. The van der Waals surface area contributed by atoms with Gasteiger partial charge in [-0.15, -0.1) is 0 Å². The largest absolute Gasteiger partial charge is 0.388 e. The summed E-state index contributed by atoms with van der Waals surface area (Å²) in [6.07, 6.45) is 4.66. The fourth-order valence-corrected chi connectivity index (χ4v) is 3.34. The van der Waals surface area contributed by atoms with Crippen molar-refractivity contribution in [1.82, 2.24) is 5.32 Å². The van der Waals surface area contributed by atoms with Gasteiger partial charge >= 0.3 is 0 Å². The third-order valence-corrected chi connectivity index (χ3v) is 4.43. The Balaban J connectivity index is 5.50. The minimum absolute atomic E-state index is 0.0294. The molecular formula is C18H24ClF2NS. The number of alkyl halides is 1. The van der Waals surface area contributed by atoms with Gasteiger partial charge in [0.1, 0.15) is 12.5 Å². The van der Waals surface area contributed by atoms with E-state index in [4.69, 9.17) is 10.7 Å². The molecule has 0 saturated heterocycles. The van der Waals surface area contributed by atoms with Crippen molar-refractivity contribution in [1.29, 1.82) is 0 Å². The molecule has 0 bridgehead atoms. The molecule has 0 fully saturated rings. The van der Waals surface area contributed by atoms with E-state index in [-0.39, 0.29) is 5.92 Å². The van der Waals surface area contributed by atoms with E-state index < -0.39 is 12.5 Å². The maximum absolute atomic E-state index is 13.2. The average Bonchev–Trinajstić information content (AvgIpc) is 2.49. The summed E-state index contributed by atoms with van der Waals surface area (Å²) < 4.78 is 25.7. The molecule has 1 N–H and O–H groups in total. The number of allylic oxidation sites excluding steroid dienone is 7. The van der Waals surface area contributed by atoms with E-state index in [0.29, 0.717) is 17.7 Å². The lowest BCUT2D eigenvalue weighted by Gasteiger charge is -2.21. The molecule has 0 spiro atoms. The molecule has 0 aliphatic heterocycles. The minimum atomic E-state index is -0.608. The molecule has 0 aromatic heterocycles. The standard InChI is InChI=1S/C18H24ClF2NS/c1-12(2)17(15(5)22-6)18(23-19)13(3)10-16(11-20)9-7-8-14(4)21/h7-9,13,22H,1,4-5,10-11H2,2-3,6H3/b8-7-,16-9-,18-17+. The Bertz CT molecular complexity index is 547. The van der Waals surface area contributed by atoms with Crippen molar-refractivity contribution in [3.05, 3.63) is 71.1 Å². The fraction of sp³-hybridized carbons (Fsp3) is 0.333. The summed E-state index contributed by atoms with van der Waals surface area (Å²) in [6.45, 7) is 14.3. The molecule has 23 heavy (non-hydrogen) atoms. The van der Waals surface area contributed by atoms with Crippen LogP contribution < -0.4 is 5.32 Å². The molecule has 128 valence electrons. The Kier molecular flexibility index (Phi) is 10.7. The smallest absolute Gasteiger partial charge is 0.116 e. The number of rotatable bonds is 10. The van der Waals surface area contributed by atoms with Crippen LogP contribution in [0.25, 0.3) is 0 Å². The van der Waals surface area contributed by atoms with Crippen LogP contribution in [-0.4, -0.2) is 13.7 Å². The second kappa shape index (κ2) is 11.3. The number of nitrogens with one attached hydrogen (secondary N) is 1. The molecule has 0 heterocycles. The average molecular weight is 360 g/mol. The maximum Gasteiger partial charge on any atom is 0.116 e. The zero-order chi connectivity index (χ0) is 18.0. The Hall–Kier alpha value is -1.26. The van der Waals surface area contributed by atoms with Crippen LogP contribution in [0.5, 0.6) is 0 Å². The van der Waals surface area contributed by atoms with Crippen LogP contribution >= 0.6 is 21.7 Å². The first-order chi connectivity index (χ1) is 10.8. The van der Waals surface area contributed by atoms with Gasteiger partial charge < -0.3 is 5.32 Å². The molecule has 0 saturated carbocycles. The SMILES string of the molecule is C=C(F)/C=C\C=C(/CF)CC(C)/C(SCl)=C(/C(=C)C)C(=C)NC. The van der Waals surface area contributed by atoms with Crippen LogP contribution in [0, 0.1) is 5.92 Å². The molecule has 0 aliphatic rings. The molecule has 0 radical (unpaired) electrons. The first kappa shape index (κ1) is 21.7. The van der Waals surface area contributed by atoms with Gasteiger partial charge in [0.05, 0.1) is 0 Å². The van der Waals surface area contributed by atoms with Crippen LogP contribution in [0.2, 0.25) is 0 Å². The van der Waals surface area contributed by atoms with Gasteiger partial charge in [0.15, 0.2) is 0 Å². The molecule has 1 nitrogen and oxygen atoms in total. The zero-order valence-corrected chi connectivity index (χ0v) is 15.5. The second-order valence-electron chi connectivity index (χ2n) is 5.19. The topological polar surface area (TPSA) is 12.0 Å². The third kappa shape index (κ3) is 7.71. The molecule has 0 aromatic carbocycles. The first-order valence-corrected chi connectivity index (χ1v) is 8.74. The van der Waals surface area contributed by atoms with E-state index in [0.717, 1.165) is 27.0 Å². The fourth-order valence-electron chi connectivity index (χ4n) is 2.04. The summed E-state index contributed by atoms with van der Waals surface area (Å²) in [4.78, 5) is 0.872. The summed E-state index contributed by atoms with van der Waals surface area (Å²) in [5, 5.41) is 2.99. The third-order valence-electron chi connectivity index (χ3n) is 3.16. The van der Waals surface area contributed by atoms with Crippen molar-refractivity contribution in [3.8, 4) is 0 Å². The number of likely N-dealkylation sites (N-methyl/N-ethyl adjacent to an activating group) is 1. The summed E-state index contributed by atoms with van der Waals surface area (Å²) >= 11 is 0. The van der Waals surface area contributed by atoms with E-state index in [1.54, 1.807) is 13.1 Å². The van der Waals surface area contributed by atoms with Gasteiger partial charge in [0, 0.05) is 23.2 Å². The normalized spacial score (nSPS) is 14.4. The molecular weight excluding hydrogens is 336 g/mol. The molecule has 0 aliphatic carbocycles. The summed E-state index contributed by atoms with van der Waals surface area (Å²) in [7, 11) is 8.89. The van der Waals surface area contributed by atoms with Gasteiger partial charge in [0.25, 0.3) is 0 Å². The van der Waals surface area contributed by atoms with E-state index in [1.165, 1.54) is 12.2 Å². The summed E-state index contributed by atoms with van der Waals surface area (Å²) in [6, 6.07) is 0. The van der Waals surface area contributed by atoms with E-state index in [2.05, 4.69) is 25.1 Å². The predicted octanol–water partition coefficient (Wildman–Crippen LogP) is 6.40. The van der Waals surface area contributed by atoms with E-state index in [9.17, 15) is 8.78 Å². The van der Waals surface area contributed by atoms with Crippen LogP contribution in [0.15, 0.2) is 71.1 Å². The molecule has 0 amide bonds. The second-order valence-corrected chi connectivity index (χ2v) is 6.25. The lowest BCUT2D eigenvalue weighted by Crippen LogP contribution is -2.12. The predicted molar refractivity (Wildman–Crippen MR) is 101 cm³/mol. The number of halogens is 3. The van der Waals surface area contributed by atoms with Crippen LogP contribution in [0.1, 0.15) is 20.3 Å². The van der Waals surface area contributed by atoms with Crippen molar-refractivity contribution in [2.24, 2.45) is 5.92 Å².